The zero-order valence-electron chi connectivity index (χ0n) is 11.2. The molecule has 0 radical (unpaired) electrons. The molecule has 1 rings (SSSR count). The van der Waals surface area contributed by atoms with Crippen molar-refractivity contribution in [1.29, 1.82) is 0 Å². The molecule has 0 aliphatic heterocycles. The standard InChI is InChI=1S/C14H24N2/c1-6-14(4,5)13-11-12(9-10-15-13)16(7-2)8-3/h9-11H,6-8H2,1-5H3. The Morgan fingerprint density at radius 3 is 2.31 bits per heavy atom. The van der Waals surface area contributed by atoms with E-state index in [0.29, 0.717) is 0 Å². The van der Waals surface area contributed by atoms with Gasteiger partial charge in [-0.3, -0.25) is 4.98 Å². The first-order valence-electron chi connectivity index (χ1n) is 6.26. The quantitative estimate of drug-likeness (QED) is 0.753. The minimum atomic E-state index is 0.170. The zero-order valence-corrected chi connectivity index (χ0v) is 11.2. The third-order valence-electron chi connectivity index (χ3n) is 3.45. The van der Waals surface area contributed by atoms with Gasteiger partial charge in [-0.25, -0.2) is 0 Å². The molecule has 2 heteroatoms. The van der Waals surface area contributed by atoms with Gasteiger partial charge in [0.2, 0.25) is 0 Å². The molecule has 0 saturated heterocycles. The molecule has 1 heterocycles. The van der Waals surface area contributed by atoms with Crippen molar-refractivity contribution in [1.82, 2.24) is 4.98 Å². The van der Waals surface area contributed by atoms with Gasteiger partial charge in [0.05, 0.1) is 0 Å². The van der Waals surface area contributed by atoms with Crippen molar-refractivity contribution in [3.05, 3.63) is 24.0 Å². The number of rotatable bonds is 5. The fraction of sp³-hybridized carbons (Fsp3) is 0.643. The van der Waals surface area contributed by atoms with E-state index in [1.54, 1.807) is 0 Å². The maximum absolute atomic E-state index is 4.51. The van der Waals surface area contributed by atoms with Gasteiger partial charge in [0.1, 0.15) is 0 Å². The maximum Gasteiger partial charge on any atom is 0.0480 e. The van der Waals surface area contributed by atoms with Crippen LogP contribution in [0.3, 0.4) is 0 Å². The number of hydrogen-bond donors (Lipinski definition) is 0. The Balaban J connectivity index is 3.03. The molecule has 0 saturated carbocycles. The molecule has 0 fully saturated rings. The summed E-state index contributed by atoms with van der Waals surface area (Å²) in [6.45, 7) is 13.2. The van der Waals surface area contributed by atoms with E-state index in [1.165, 1.54) is 11.4 Å². The van der Waals surface area contributed by atoms with Gasteiger partial charge in [-0.05, 0) is 32.4 Å². The molecule has 16 heavy (non-hydrogen) atoms. The lowest BCUT2D eigenvalue weighted by atomic mass is 9.86. The van der Waals surface area contributed by atoms with Crippen molar-refractivity contribution in [2.24, 2.45) is 0 Å². The summed E-state index contributed by atoms with van der Waals surface area (Å²) in [4.78, 5) is 6.86. The van der Waals surface area contributed by atoms with Crippen molar-refractivity contribution in [2.45, 2.75) is 46.5 Å². The SMILES string of the molecule is CCN(CC)c1ccnc(C(C)(C)CC)c1. The topological polar surface area (TPSA) is 16.1 Å². The molecular weight excluding hydrogens is 196 g/mol. The van der Waals surface area contributed by atoms with Crippen LogP contribution in [0.5, 0.6) is 0 Å². The Labute approximate surface area is 99.7 Å². The predicted octanol–water partition coefficient (Wildman–Crippen LogP) is 3.62. The highest BCUT2D eigenvalue weighted by atomic mass is 15.1. The van der Waals surface area contributed by atoms with E-state index < -0.39 is 0 Å². The number of nitrogens with zero attached hydrogens (tertiary/aromatic N) is 2. The Morgan fingerprint density at radius 1 is 1.19 bits per heavy atom. The van der Waals surface area contributed by atoms with Crippen LogP contribution in [0.4, 0.5) is 5.69 Å². The number of aromatic nitrogens is 1. The molecule has 1 aromatic rings. The molecule has 0 N–H and O–H groups in total. The van der Waals surface area contributed by atoms with E-state index in [-0.39, 0.29) is 5.41 Å². The molecule has 0 spiro atoms. The van der Waals surface area contributed by atoms with Crippen molar-refractivity contribution in [2.75, 3.05) is 18.0 Å². The summed E-state index contributed by atoms with van der Waals surface area (Å²) < 4.78 is 0. The number of hydrogen-bond acceptors (Lipinski definition) is 2. The van der Waals surface area contributed by atoms with Crippen LogP contribution >= 0.6 is 0 Å². The summed E-state index contributed by atoms with van der Waals surface area (Å²) in [5, 5.41) is 0. The van der Waals surface area contributed by atoms with Crippen molar-refractivity contribution >= 4 is 5.69 Å². The van der Waals surface area contributed by atoms with Gasteiger partial charge in [0.25, 0.3) is 0 Å². The molecule has 0 aromatic carbocycles. The van der Waals surface area contributed by atoms with Crippen LogP contribution < -0.4 is 4.90 Å². The third-order valence-corrected chi connectivity index (χ3v) is 3.45. The summed E-state index contributed by atoms with van der Waals surface area (Å²) in [7, 11) is 0. The monoisotopic (exact) mass is 220 g/mol. The zero-order chi connectivity index (χ0) is 12.2. The number of pyridine rings is 1. The lowest BCUT2D eigenvalue weighted by molar-refractivity contribution is 0.490. The smallest absolute Gasteiger partial charge is 0.0480 e. The summed E-state index contributed by atoms with van der Waals surface area (Å²) in [6.07, 6.45) is 3.04. The lowest BCUT2D eigenvalue weighted by Gasteiger charge is -2.26. The van der Waals surface area contributed by atoms with Gasteiger partial charge in [-0.15, -0.1) is 0 Å². The van der Waals surface area contributed by atoms with Crippen LogP contribution in [0.2, 0.25) is 0 Å². The van der Waals surface area contributed by atoms with Gasteiger partial charge in [-0.2, -0.15) is 0 Å². The first-order chi connectivity index (χ1) is 7.55. The van der Waals surface area contributed by atoms with E-state index in [1.807, 2.05) is 6.20 Å². The predicted molar refractivity (Wildman–Crippen MR) is 71.1 cm³/mol. The fourth-order valence-electron chi connectivity index (χ4n) is 1.76. The minimum Gasteiger partial charge on any atom is -0.372 e. The van der Waals surface area contributed by atoms with Crippen LogP contribution in [0.25, 0.3) is 0 Å². The van der Waals surface area contributed by atoms with Gasteiger partial charge >= 0.3 is 0 Å². The van der Waals surface area contributed by atoms with Crippen molar-refractivity contribution in [3.8, 4) is 0 Å². The van der Waals surface area contributed by atoms with E-state index in [9.17, 15) is 0 Å². The minimum absolute atomic E-state index is 0.170. The van der Waals surface area contributed by atoms with Crippen LogP contribution in [-0.4, -0.2) is 18.1 Å². The normalized spacial score (nSPS) is 11.6. The lowest BCUT2D eigenvalue weighted by Crippen LogP contribution is -2.23. The average molecular weight is 220 g/mol. The summed E-state index contributed by atoms with van der Waals surface area (Å²) in [5.74, 6) is 0. The largest absolute Gasteiger partial charge is 0.372 e. The molecule has 0 bridgehead atoms. The molecule has 0 atom stereocenters. The average Bonchev–Trinajstić information content (AvgIpc) is 2.31. The van der Waals surface area contributed by atoms with Gasteiger partial charge in [0, 0.05) is 36.1 Å². The summed E-state index contributed by atoms with van der Waals surface area (Å²) >= 11 is 0. The molecule has 2 nitrogen and oxygen atoms in total. The van der Waals surface area contributed by atoms with E-state index in [2.05, 4.69) is 56.6 Å². The molecule has 1 aromatic heterocycles. The van der Waals surface area contributed by atoms with Crippen LogP contribution in [0.1, 0.15) is 46.7 Å². The highest BCUT2D eigenvalue weighted by molar-refractivity contribution is 5.47. The van der Waals surface area contributed by atoms with Crippen LogP contribution in [-0.2, 0) is 5.41 Å². The van der Waals surface area contributed by atoms with Crippen LogP contribution in [0, 0.1) is 0 Å². The molecule has 0 amide bonds. The maximum atomic E-state index is 4.51. The third kappa shape index (κ3) is 2.75. The first kappa shape index (κ1) is 13.0. The van der Waals surface area contributed by atoms with Gasteiger partial charge < -0.3 is 4.90 Å². The number of anilines is 1. The van der Waals surface area contributed by atoms with E-state index in [0.717, 1.165) is 19.5 Å². The Bertz CT molecular complexity index is 327. The fourth-order valence-corrected chi connectivity index (χ4v) is 1.76. The summed E-state index contributed by atoms with van der Waals surface area (Å²) in [6, 6.07) is 4.33. The van der Waals surface area contributed by atoms with Crippen molar-refractivity contribution < 1.29 is 0 Å². The van der Waals surface area contributed by atoms with Gasteiger partial charge in [0.15, 0.2) is 0 Å². The Hall–Kier alpha value is -1.05. The second-order valence-corrected chi connectivity index (χ2v) is 4.81. The Morgan fingerprint density at radius 2 is 1.81 bits per heavy atom. The first-order valence-corrected chi connectivity index (χ1v) is 6.26. The highest BCUT2D eigenvalue weighted by Gasteiger charge is 2.20. The molecular formula is C14H24N2. The second kappa shape index (κ2) is 5.33. The molecule has 90 valence electrons. The molecule has 0 aliphatic rings. The highest BCUT2D eigenvalue weighted by Crippen LogP contribution is 2.27. The van der Waals surface area contributed by atoms with Crippen LogP contribution in [0.15, 0.2) is 18.3 Å². The van der Waals surface area contributed by atoms with E-state index in [4.69, 9.17) is 0 Å². The Kier molecular flexibility index (Phi) is 4.34. The van der Waals surface area contributed by atoms with E-state index >= 15 is 0 Å². The summed E-state index contributed by atoms with van der Waals surface area (Å²) in [5.41, 5.74) is 2.65. The molecule has 0 aliphatic carbocycles. The van der Waals surface area contributed by atoms with Gasteiger partial charge in [-0.1, -0.05) is 20.8 Å². The molecule has 0 unspecified atom stereocenters. The van der Waals surface area contributed by atoms with Crippen molar-refractivity contribution in [3.63, 3.8) is 0 Å². The second-order valence-electron chi connectivity index (χ2n) is 4.81.